The standard InChI is InChI=1S/C14H10N8O3S/c1-6-8(5-15)13(26-22-6)19-17-9-3-4-10(23)11(12(9)24)18-20-14-16-7(2)21-25-14/h3-4,19H,1-2H3,(H,16,20,21). The van der Waals surface area contributed by atoms with Crippen LogP contribution in [0.15, 0.2) is 36.4 Å². The highest BCUT2D eigenvalue weighted by Gasteiger charge is 2.09. The summed E-state index contributed by atoms with van der Waals surface area (Å²) < 4.78 is 8.82. The maximum absolute atomic E-state index is 12.4. The van der Waals surface area contributed by atoms with E-state index in [0.29, 0.717) is 22.1 Å². The molecule has 3 aromatic rings. The Bertz CT molecular complexity index is 1230. The van der Waals surface area contributed by atoms with Crippen LogP contribution in [0.2, 0.25) is 0 Å². The van der Waals surface area contributed by atoms with Crippen LogP contribution in [0.3, 0.4) is 0 Å². The largest absolute Gasteiger partial charge is 0.341 e. The predicted octanol–water partition coefficient (Wildman–Crippen LogP) is -0.534. The van der Waals surface area contributed by atoms with Gasteiger partial charge in [-0.05, 0) is 37.5 Å². The van der Waals surface area contributed by atoms with Crippen molar-refractivity contribution >= 4 is 22.5 Å². The molecule has 0 saturated heterocycles. The van der Waals surface area contributed by atoms with E-state index >= 15 is 0 Å². The number of nitriles is 1. The molecule has 2 heterocycles. The summed E-state index contributed by atoms with van der Waals surface area (Å²) in [5.74, 6) is 0.369. The van der Waals surface area contributed by atoms with Crippen molar-refractivity contribution in [2.45, 2.75) is 13.8 Å². The fraction of sp³-hybridized carbons (Fsp3) is 0.143. The van der Waals surface area contributed by atoms with Gasteiger partial charge >= 0.3 is 6.01 Å². The van der Waals surface area contributed by atoms with Crippen LogP contribution in [0.4, 0.5) is 11.0 Å². The van der Waals surface area contributed by atoms with Crippen molar-refractivity contribution in [3.63, 3.8) is 0 Å². The molecule has 0 aliphatic heterocycles. The summed E-state index contributed by atoms with van der Waals surface area (Å²) in [5, 5.41) is 20.3. The molecule has 0 bridgehead atoms. The number of aryl methyl sites for hydroxylation is 2. The fourth-order valence-electron chi connectivity index (χ4n) is 1.87. The lowest BCUT2D eigenvalue weighted by molar-refractivity contribution is 0.425. The lowest BCUT2D eigenvalue weighted by Gasteiger charge is -1.95. The Morgan fingerprint density at radius 2 is 2.04 bits per heavy atom. The van der Waals surface area contributed by atoms with Gasteiger partial charge in [0.15, 0.2) is 11.2 Å². The molecule has 26 heavy (non-hydrogen) atoms. The molecule has 0 aliphatic carbocycles. The zero-order chi connectivity index (χ0) is 18.7. The third-order valence-electron chi connectivity index (χ3n) is 3.12. The molecule has 0 amide bonds. The van der Waals surface area contributed by atoms with Gasteiger partial charge in [0, 0.05) is 0 Å². The van der Waals surface area contributed by atoms with E-state index in [1.165, 1.54) is 6.07 Å². The van der Waals surface area contributed by atoms with Crippen LogP contribution in [0, 0.1) is 25.2 Å². The van der Waals surface area contributed by atoms with Crippen LogP contribution in [0.25, 0.3) is 0 Å². The molecule has 0 unspecified atom stereocenters. The highest BCUT2D eigenvalue weighted by atomic mass is 32.1. The average Bonchev–Trinajstić information content (AvgIpc) is 3.19. The van der Waals surface area contributed by atoms with Crippen LogP contribution < -0.4 is 32.4 Å². The monoisotopic (exact) mass is 370 g/mol. The van der Waals surface area contributed by atoms with Crippen molar-refractivity contribution in [3.05, 3.63) is 60.4 Å². The summed E-state index contributed by atoms with van der Waals surface area (Å²) in [6.45, 7) is 3.29. The third kappa shape index (κ3) is 3.37. The van der Waals surface area contributed by atoms with Crippen molar-refractivity contribution in [2.75, 3.05) is 10.9 Å². The van der Waals surface area contributed by atoms with Gasteiger partial charge in [0.05, 0.1) is 5.69 Å². The zero-order valence-corrected chi connectivity index (χ0v) is 14.3. The smallest absolute Gasteiger partial charge is 0.314 e. The first-order chi connectivity index (χ1) is 12.5. The van der Waals surface area contributed by atoms with Gasteiger partial charge in [0.2, 0.25) is 10.9 Å². The van der Waals surface area contributed by atoms with Gasteiger partial charge in [-0.3, -0.25) is 15.0 Å². The molecule has 0 aliphatic rings. The second-order valence-electron chi connectivity index (χ2n) is 4.94. The van der Waals surface area contributed by atoms with Gasteiger partial charge in [-0.1, -0.05) is 5.16 Å². The van der Waals surface area contributed by atoms with E-state index < -0.39 is 10.9 Å². The molecule has 130 valence electrons. The number of nitrogens with one attached hydrogen (secondary N) is 2. The number of aromatic nitrogens is 3. The minimum absolute atomic E-state index is 0.0539. The van der Waals surface area contributed by atoms with E-state index in [4.69, 9.17) is 9.78 Å². The van der Waals surface area contributed by atoms with Crippen molar-refractivity contribution in [3.8, 4) is 6.07 Å². The summed E-state index contributed by atoms with van der Waals surface area (Å²) in [5.41, 5.74) is 4.58. The fourth-order valence-corrected chi connectivity index (χ4v) is 2.56. The van der Waals surface area contributed by atoms with Crippen molar-refractivity contribution < 1.29 is 4.52 Å². The number of rotatable bonds is 4. The van der Waals surface area contributed by atoms with Gasteiger partial charge in [0.1, 0.15) is 22.0 Å². The molecular weight excluding hydrogens is 360 g/mol. The molecule has 0 saturated carbocycles. The first-order valence-corrected chi connectivity index (χ1v) is 7.88. The minimum atomic E-state index is -0.700. The normalized spacial score (nSPS) is 12.2. The van der Waals surface area contributed by atoms with E-state index in [1.54, 1.807) is 13.8 Å². The summed E-state index contributed by atoms with van der Waals surface area (Å²) in [6, 6.07) is 4.36. The van der Waals surface area contributed by atoms with Crippen LogP contribution in [0.1, 0.15) is 17.1 Å². The maximum Gasteiger partial charge on any atom is 0.341 e. The molecule has 3 rings (SSSR count). The molecule has 2 N–H and O–H groups in total. The topological polar surface area (TPSA) is 159 Å². The van der Waals surface area contributed by atoms with Gasteiger partial charge in [0.25, 0.3) is 0 Å². The van der Waals surface area contributed by atoms with Crippen LogP contribution in [-0.2, 0) is 0 Å². The van der Waals surface area contributed by atoms with E-state index in [2.05, 4.69) is 35.6 Å². The Labute approximate surface area is 148 Å². The molecule has 12 heteroatoms. The van der Waals surface area contributed by atoms with Gasteiger partial charge in [-0.15, -0.1) is 0 Å². The Morgan fingerprint density at radius 3 is 2.73 bits per heavy atom. The Balaban J connectivity index is 1.98. The minimum Gasteiger partial charge on any atom is -0.314 e. The molecule has 2 aromatic heterocycles. The van der Waals surface area contributed by atoms with Gasteiger partial charge in [-0.25, -0.2) is 5.43 Å². The molecule has 0 radical (unpaired) electrons. The number of benzene rings is 1. The third-order valence-corrected chi connectivity index (χ3v) is 3.96. The zero-order valence-electron chi connectivity index (χ0n) is 13.5. The Hall–Kier alpha value is -3.72. The van der Waals surface area contributed by atoms with Crippen LogP contribution in [-0.4, -0.2) is 14.5 Å². The predicted molar refractivity (Wildman–Crippen MR) is 90.3 cm³/mol. The van der Waals surface area contributed by atoms with Crippen molar-refractivity contribution in [1.29, 1.82) is 5.26 Å². The number of anilines is 2. The summed E-state index contributed by atoms with van der Waals surface area (Å²) in [6.07, 6.45) is 0. The van der Waals surface area contributed by atoms with E-state index in [9.17, 15) is 9.59 Å². The van der Waals surface area contributed by atoms with E-state index in [1.807, 2.05) is 6.07 Å². The highest BCUT2D eigenvalue weighted by molar-refractivity contribution is 7.10. The summed E-state index contributed by atoms with van der Waals surface area (Å²) in [4.78, 5) is 28.1. The second-order valence-corrected chi connectivity index (χ2v) is 5.71. The van der Waals surface area contributed by atoms with Crippen molar-refractivity contribution in [2.24, 2.45) is 10.2 Å². The maximum atomic E-state index is 12.4. The number of hydrogen-bond donors (Lipinski definition) is 2. The number of nitrogens with zero attached hydrogens (tertiary/aromatic N) is 6. The molecule has 0 atom stereocenters. The van der Waals surface area contributed by atoms with E-state index in [-0.39, 0.29) is 16.7 Å². The first-order valence-electron chi connectivity index (χ1n) is 7.10. The lowest BCUT2D eigenvalue weighted by Crippen LogP contribution is -2.47. The second kappa shape index (κ2) is 7.03. The highest BCUT2D eigenvalue weighted by Crippen LogP contribution is 2.22. The van der Waals surface area contributed by atoms with Crippen LogP contribution >= 0.6 is 11.5 Å². The van der Waals surface area contributed by atoms with Crippen LogP contribution in [0.5, 0.6) is 0 Å². The molecular formula is C14H10N8O3S. The molecule has 1 aromatic carbocycles. The van der Waals surface area contributed by atoms with Gasteiger partial charge in [-0.2, -0.15) is 24.8 Å². The van der Waals surface area contributed by atoms with Crippen molar-refractivity contribution in [1.82, 2.24) is 14.5 Å². The molecule has 0 spiro atoms. The van der Waals surface area contributed by atoms with E-state index in [0.717, 1.165) is 17.6 Å². The quantitative estimate of drug-likeness (QED) is 0.575. The molecule has 0 fully saturated rings. The SMILES string of the molecule is Cc1noc(NN=c2c(=O)ccc(=NNc3snc(C)c3C#N)c2=O)n1. The lowest BCUT2D eigenvalue weighted by atomic mass is 10.3. The number of hydrogen-bond acceptors (Lipinski definition) is 12. The molecule has 11 nitrogen and oxygen atoms in total. The summed E-state index contributed by atoms with van der Waals surface area (Å²) in [7, 11) is 0. The average molecular weight is 370 g/mol. The first kappa shape index (κ1) is 17.1. The summed E-state index contributed by atoms with van der Waals surface area (Å²) >= 11 is 1.04. The van der Waals surface area contributed by atoms with Gasteiger partial charge < -0.3 is 4.52 Å². The Kier molecular flexibility index (Phi) is 4.63. The Morgan fingerprint density at radius 1 is 1.23 bits per heavy atom.